The fourth-order valence-corrected chi connectivity index (χ4v) is 2.13. The smallest absolute Gasteiger partial charge is 0.339 e. The Bertz CT molecular complexity index is 752. The predicted molar refractivity (Wildman–Crippen MR) is 80.8 cm³/mol. The molecule has 8 nitrogen and oxygen atoms in total. The number of rotatable bonds is 3. The molecule has 2 aromatic rings. The number of esters is 1. The highest BCUT2D eigenvalue weighted by molar-refractivity contribution is 6.02. The molecule has 0 unspecified atom stereocenters. The number of pyridine rings is 1. The van der Waals surface area contributed by atoms with Crippen LogP contribution >= 0.6 is 0 Å². The standard InChI is InChI=1S/C15H16N4O4/c1-8-11(15(22)23-3)9(2)17-12(8)14(21)19-18-13(20)10-5-4-6-16-7-10/h4-7,17H,1-3H3,(H,18,20)(H,19,21). The number of ether oxygens (including phenoxy) is 1. The zero-order valence-electron chi connectivity index (χ0n) is 12.9. The van der Waals surface area contributed by atoms with E-state index in [2.05, 4.69) is 25.6 Å². The van der Waals surface area contributed by atoms with Crippen molar-refractivity contribution < 1.29 is 19.1 Å². The molecule has 0 aliphatic heterocycles. The molecule has 0 bridgehead atoms. The van der Waals surface area contributed by atoms with Crippen LogP contribution in [0.25, 0.3) is 0 Å². The van der Waals surface area contributed by atoms with Crippen LogP contribution in [0.15, 0.2) is 24.5 Å². The summed E-state index contributed by atoms with van der Waals surface area (Å²) < 4.78 is 4.68. The minimum Gasteiger partial charge on any atom is -0.465 e. The van der Waals surface area contributed by atoms with Crippen molar-refractivity contribution in [2.24, 2.45) is 0 Å². The lowest BCUT2D eigenvalue weighted by Gasteiger charge is -2.07. The van der Waals surface area contributed by atoms with Crippen molar-refractivity contribution in [3.8, 4) is 0 Å². The van der Waals surface area contributed by atoms with Gasteiger partial charge in [-0.2, -0.15) is 0 Å². The van der Waals surface area contributed by atoms with E-state index in [0.29, 0.717) is 22.4 Å². The van der Waals surface area contributed by atoms with Gasteiger partial charge in [0.25, 0.3) is 11.8 Å². The summed E-state index contributed by atoms with van der Waals surface area (Å²) in [5.41, 5.74) is 6.31. The highest BCUT2D eigenvalue weighted by Gasteiger charge is 2.22. The van der Waals surface area contributed by atoms with Crippen molar-refractivity contribution in [2.75, 3.05) is 7.11 Å². The number of amides is 2. The Labute approximate surface area is 132 Å². The molecule has 2 rings (SSSR count). The highest BCUT2D eigenvalue weighted by atomic mass is 16.5. The molecular formula is C15H16N4O4. The van der Waals surface area contributed by atoms with Crippen molar-refractivity contribution in [2.45, 2.75) is 13.8 Å². The van der Waals surface area contributed by atoms with E-state index in [1.807, 2.05) is 0 Å². The normalized spacial score (nSPS) is 10.0. The molecule has 0 saturated heterocycles. The Morgan fingerprint density at radius 2 is 1.87 bits per heavy atom. The van der Waals surface area contributed by atoms with Gasteiger partial charge in [-0.1, -0.05) is 0 Å². The van der Waals surface area contributed by atoms with Crippen LogP contribution in [0.3, 0.4) is 0 Å². The summed E-state index contributed by atoms with van der Waals surface area (Å²) in [5.74, 6) is -1.60. The number of aromatic nitrogens is 2. The zero-order valence-corrected chi connectivity index (χ0v) is 12.9. The van der Waals surface area contributed by atoms with Crippen LogP contribution < -0.4 is 10.9 Å². The molecule has 0 saturated carbocycles. The SMILES string of the molecule is COC(=O)c1c(C)[nH]c(C(=O)NNC(=O)c2cccnc2)c1C. The fraction of sp³-hybridized carbons (Fsp3) is 0.200. The molecule has 2 amide bonds. The van der Waals surface area contributed by atoms with Crippen LogP contribution in [0.1, 0.15) is 42.5 Å². The van der Waals surface area contributed by atoms with Gasteiger partial charge in [0.05, 0.1) is 18.2 Å². The number of nitrogens with one attached hydrogen (secondary N) is 3. The number of hydrogen-bond donors (Lipinski definition) is 3. The number of H-pyrrole nitrogens is 1. The lowest BCUT2D eigenvalue weighted by molar-refractivity contribution is 0.0599. The molecule has 3 N–H and O–H groups in total. The zero-order chi connectivity index (χ0) is 17.0. The van der Waals surface area contributed by atoms with Crippen molar-refractivity contribution in [3.63, 3.8) is 0 Å². The average Bonchev–Trinajstić information content (AvgIpc) is 2.87. The van der Waals surface area contributed by atoms with E-state index < -0.39 is 17.8 Å². The predicted octanol–water partition coefficient (Wildman–Crippen LogP) is 0.888. The molecule has 0 fully saturated rings. The van der Waals surface area contributed by atoms with Crippen LogP contribution in [0.2, 0.25) is 0 Å². The molecule has 23 heavy (non-hydrogen) atoms. The second-order valence-electron chi connectivity index (χ2n) is 4.77. The second-order valence-corrected chi connectivity index (χ2v) is 4.77. The molecule has 0 aromatic carbocycles. The second kappa shape index (κ2) is 6.73. The van der Waals surface area contributed by atoms with E-state index in [9.17, 15) is 14.4 Å². The van der Waals surface area contributed by atoms with Crippen LogP contribution in [-0.2, 0) is 4.74 Å². The maximum absolute atomic E-state index is 12.2. The van der Waals surface area contributed by atoms with Gasteiger partial charge in [0.15, 0.2) is 0 Å². The minimum atomic E-state index is -0.571. The molecule has 2 heterocycles. The molecule has 0 aliphatic rings. The van der Waals surface area contributed by atoms with E-state index in [0.717, 1.165) is 0 Å². The Hall–Kier alpha value is -3.16. The summed E-state index contributed by atoms with van der Waals surface area (Å²) in [5, 5.41) is 0. The quantitative estimate of drug-likeness (QED) is 0.575. The van der Waals surface area contributed by atoms with Gasteiger partial charge in [0.1, 0.15) is 5.69 Å². The first-order valence-electron chi connectivity index (χ1n) is 6.74. The minimum absolute atomic E-state index is 0.175. The molecule has 0 aliphatic carbocycles. The molecular weight excluding hydrogens is 300 g/mol. The number of nitrogens with zero attached hydrogens (tertiary/aromatic N) is 1. The molecule has 8 heteroatoms. The summed E-state index contributed by atoms with van der Waals surface area (Å²) >= 11 is 0. The molecule has 0 spiro atoms. The van der Waals surface area contributed by atoms with E-state index >= 15 is 0 Å². The van der Waals surface area contributed by atoms with Crippen LogP contribution in [-0.4, -0.2) is 34.9 Å². The van der Waals surface area contributed by atoms with Crippen molar-refractivity contribution in [3.05, 3.63) is 52.6 Å². The molecule has 120 valence electrons. The summed E-state index contributed by atoms with van der Waals surface area (Å²) in [4.78, 5) is 42.3. The number of carbonyl (C=O) groups is 3. The number of aryl methyl sites for hydroxylation is 1. The summed E-state index contributed by atoms with van der Waals surface area (Å²) in [6, 6.07) is 3.17. The van der Waals surface area contributed by atoms with E-state index in [1.54, 1.807) is 26.0 Å². The molecule has 2 aromatic heterocycles. The summed E-state index contributed by atoms with van der Waals surface area (Å²) in [7, 11) is 1.27. The van der Waals surface area contributed by atoms with Crippen molar-refractivity contribution in [1.82, 2.24) is 20.8 Å². The third-order valence-electron chi connectivity index (χ3n) is 3.27. The summed E-state index contributed by atoms with van der Waals surface area (Å²) in [6.07, 6.45) is 2.91. The van der Waals surface area contributed by atoms with Crippen molar-refractivity contribution in [1.29, 1.82) is 0 Å². The van der Waals surface area contributed by atoms with Gasteiger partial charge in [-0.15, -0.1) is 0 Å². The van der Waals surface area contributed by atoms with Gasteiger partial charge >= 0.3 is 5.97 Å². The van der Waals surface area contributed by atoms with Gasteiger partial charge in [0, 0.05) is 18.1 Å². The van der Waals surface area contributed by atoms with Crippen molar-refractivity contribution >= 4 is 17.8 Å². The Kier molecular flexibility index (Phi) is 4.75. The average molecular weight is 316 g/mol. The summed E-state index contributed by atoms with van der Waals surface area (Å²) in [6.45, 7) is 3.28. The lowest BCUT2D eigenvalue weighted by atomic mass is 10.1. The monoisotopic (exact) mass is 316 g/mol. The molecule has 0 radical (unpaired) electrons. The topological polar surface area (TPSA) is 113 Å². The maximum atomic E-state index is 12.2. The van der Waals surface area contributed by atoms with Crippen LogP contribution in [0.4, 0.5) is 0 Å². The maximum Gasteiger partial charge on any atom is 0.339 e. The third-order valence-corrected chi connectivity index (χ3v) is 3.27. The van der Waals surface area contributed by atoms with Crippen LogP contribution in [0, 0.1) is 13.8 Å². The highest BCUT2D eigenvalue weighted by Crippen LogP contribution is 2.18. The first kappa shape index (κ1) is 16.2. The van der Waals surface area contributed by atoms with Gasteiger partial charge in [-0.05, 0) is 31.5 Å². The first-order valence-corrected chi connectivity index (χ1v) is 6.74. The number of carbonyl (C=O) groups excluding carboxylic acids is 3. The number of aromatic amines is 1. The number of methoxy groups -OCH3 is 1. The molecule has 0 atom stereocenters. The largest absolute Gasteiger partial charge is 0.465 e. The van der Waals surface area contributed by atoms with E-state index in [-0.39, 0.29) is 5.69 Å². The van der Waals surface area contributed by atoms with Crippen LogP contribution in [0.5, 0.6) is 0 Å². The fourth-order valence-electron chi connectivity index (χ4n) is 2.13. The lowest BCUT2D eigenvalue weighted by Crippen LogP contribution is -2.42. The van der Waals surface area contributed by atoms with E-state index in [4.69, 9.17) is 0 Å². The number of hydrazine groups is 1. The van der Waals surface area contributed by atoms with Gasteiger partial charge < -0.3 is 9.72 Å². The Morgan fingerprint density at radius 1 is 1.17 bits per heavy atom. The Morgan fingerprint density at radius 3 is 2.48 bits per heavy atom. The van der Waals surface area contributed by atoms with Gasteiger partial charge in [-0.25, -0.2) is 4.79 Å². The van der Waals surface area contributed by atoms with Gasteiger partial charge in [-0.3, -0.25) is 25.4 Å². The Balaban J connectivity index is 2.10. The third kappa shape index (κ3) is 3.37. The first-order chi connectivity index (χ1) is 11.0. The van der Waals surface area contributed by atoms with E-state index in [1.165, 1.54) is 19.5 Å². The van der Waals surface area contributed by atoms with Gasteiger partial charge in [0.2, 0.25) is 0 Å². The number of hydrogen-bond acceptors (Lipinski definition) is 5.